The Labute approximate surface area is 169 Å². The van der Waals surface area contributed by atoms with Crippen LogP contribution in [0.2, 0.25) is 0 Å². The molecule has 0 radical (unpaired) electrons. The van der Waals surface area contributed by atoms with Gasteiger partial charge in [-0.1, -0.05) is 0 Å². The predicted molar refractivity (Wildman–Crippen MR) is 99.2 cm³/mol. The molecule has 0 aromatic heterocycles. The molecule has 28 heavy (non-hydrogen) atoms. The molecule has 1 aliphatic rings. The van der Waals surface area contributed by atoms with Crippen molar-refractivity contribution in [2.45, 2.75) is 19.5 Å². The molecule has 0 N–H and O–H groups in total. The highest BCUT2D eigenvalue weighted by Gasteiger charge is 2.32. The lowest BCUT2D eigenvalue weighted by Crippen LogP contribution is -2.40. The monoisotopic (exact) mass is 463 g/mol. The van der Waals surface area contributed by atoms with E-state index in [0.717, 1.165) is 0 Å². The summed E-state index contributed by atoms with van der Waals surface area (Å²) in [5.41, 5.74) is 0.381. The molecule has 10 heteroatoms. The van der Waals surface area contributed by atoms with Gasteiger partial charge in [0.2, 0.25) is 0 Å². The van der Waals surface area contributed by atoms with E-state index < -0.39 is 12.7 Å². The molecule has 0 aliphatic carbocycles. The number of nitriles is 1. The van der Waals surface area contributed by atoms with Crippen LogP contribution in [0.3, 0.4) is 0 Å². The van der Waals surface area contributed by atoms with Crippen LogP contribution in [0.25, 0.3) is 0 Å². The van der Waals surface area contributed by atoms with Gasteiger partial charge in [0, 0.05) is 32.2 Å². The third-order valence-electron chi connectivity index (χ3n) is 4.12. The number of nitrogens with zero attached hydrogens (tertiary/aromatic N) is 3. The second-order valence-electron chi connectivity index (χ2n) is 6.24. The van der Waals surface area contributed by atoms with Crippen molar-refractivity contribution in [3.05, 3.63) is 22.2 Å². The Morgan fingerprint density at radius 3 is 2.64 bits per heavy atom. The molecule has 0 spiro atoms. The van der Waals surface area contributed by atoms with E-state index >= 15 is 0 Å². The lowest BCUT2D eigenvalue weighted by molar-refractivity contribution is -0.145. The fraction of sp³-hybridized carbons (Fsp3) is 0.556. The molecule has 1 saturated heterocycles. The van der Waals surface area contributed by atoms with Gasteiger partial charge in [0.25, 0.3) is 5.91 Å². The van der Waals surface area contributed by atoms with Crippen molar-refractivity contribution >= 4 is 21.8 Å². The maximum atomic E-state index is 12.6. The van der Waals surface area contributed by atoms with Crippen molar-refractivity contribution in [3.8, 4) is 17.6 Å². The van der Waals surface area contributed by atoms with Crippen LogP contribution in [0.1, 0.15) is 18.9 Å². The number of alkyl halides is 3. The van der Waals surface area contributed by atoms with Gasteiger partial charge in [0.1, 0.15) is 0 Å². The normalized spacial score (nSPS) is 15.6. The molecule has 2 rings (SSSR count). The molecule has 1 fully saturated rings. The minimum Gasteiger partial charge on any atom is -0.490 e. The van der Waals surface area contributed by atoms with Crippen LogP contribution in [0.5, 0.6) is 11.5 Å². The highest BCUT2D eigenvalue weighted by Crippen LogP contribution is 2.36. The first-order valence-electron chi connectivity index (χ1n) is 8.79. The van der Waals surface area contributed by atoms with Crippen LogP contribution in [0.15, 0.2) is 16.6 Å². The molecule has 1 aliphatic heterocycles. The summed E-state index contributed by atoms with van der Waals surface area (Å²) in [4.78, 5) is 15.3. The molecule has 6 nitrogen and oxygen atoms in total. The standard InChI is InChI=1S/C18H21BrF3N3O3/c1-2-27-15-9-13(10-23)8-14(19)17(15)28-11-16(26)25-5-3-4-24(6-7-25)12-18(20,21)22/h8-9H,2-7,11-12H2,1H3. The summed E-state index contributed by atoms with van der Waals surface area (Å²) in [6.07, 6.45) is -3.79. The Kier molecular flexibility index (Phi) is 7.95. The van der Waals surface area contributed by atoms with E-state index in [4.69, 9.17) is 14.7 Å². The lowest BCUT2D eigenvalue weighted by Gasteiger charge is -2.23. The molecular weight excluding hydrogens is 443 g/mol. The van der Waals surface area contributed by atoms with Crippen LogP contribution in [-0.4, -0.2) is 67.8 Å². The first kappa shape index (κ1) is 22.3. The van der Waals surface area contributed by atoms with Crippen molar-refractivity contribution in [1.29, 1.82) is 5.26 Å². The molecule has 0 atom stereocenters. The number of amides is 1. The number of halogens is 4. The van der Waals surface area contributed by atoms with E-state index in [0.29, 0.717) is 47.7 Å². The smallest absolute Gasteiger partial charge is 0.401 e. The summed E-state index contributed by atoms with van der Waals surface area (Å²) >= 11 is 3.31. The lowest BCUT2D eigenvalue weighted by atomic mass is 10.2. The largest absolute Gasteiger partial charge is 0.490 e. The molecule has 154 valence electrons. The Morgan fingerprint density at radius 1 is 1.25 bits per heavy atom. The zero-order valence-corrected chi connectivity index (χ0v) is 17.0. The van der Waals surface area contributed by atoms with Crippen molar-refractivity contribution in [2.24, 2.45) is 0 Å². The Hall–Kier alpha value is -1.99. The fourth-order valence-corrected chi connectivity index (χ4v) is 3.45. The zero-order chi connectivity index (χ0) is 20.7. The number of carbonyl (C=O) groups is 1. The quantitative estimate of drug-likeness (QED) is 0.647. The van der Waals surface area contributed by atoms with Gasteiger partial charge in [0.15, 0.2) is 18.1 Å². The molecule has 0 unspecified atom stereocenters. The van der Waals surface area contributed by atoms with Gasteiger partial charge < -0.3 is 14.4 Å². The molecule has 0 saturated carbocycles. The number of carbonyl (C=O) groups excluding carboxylic acids is 1. The van der Waals surface area contributed by atoms with Gasteiger partial charge in [-0.3, -0.25) is 9.69 Å². The first-order valence-corrected chi connectivity index (χ1v) is 9.59. The number of ether oxygens (including phenoxy) is 2. The second kappa shape index (κ2) is 9.98. The topological polar surface area (TPSA) is 65.8 Å². The van der Waals surface area contributed by atoms with Crippen LogP contribution in [0, 0.1) is 11.3 Å². The van der Waals surface area contributed by atoms with E-state index in [1.165, 1.54) is 15.9 Å². The minimum absolute atomic E-state index is 0.163. The van der Waals surface area contributed by atoms with Crippen molar-refractivity contribution in [1.82, 2.24) is 9.80 Å². The van der Waals surface area contributed by atoms with Gasteiger partial charge >= 0.3 is 6.18 Å². The summed E-state index contributed by atoms with van der Waals surface area (Å²) in [5.74, 6) is 0.337. The zero-order valence-electron chi connectivity index (χ0n) is 15.4. The highest BCUT2D eigenvalue weighted by molar-refractivity contribution is 9.10. The van der Waals surface area contributed by atoms with Crippen LogP contribution in [-0.2, 0) is 4.79 Å². The summed E-state index contributed by atoms with van der Waals surface area (Å²) in [6, 6.07) is 5.09. The van der Waals surface area contributed by atoms with E-state index in [1.54, 1.807) is 13.0 Å². The molecule has 1 aromatic carbocycles. The van der Waals surface area contributed by atoms with E-state index in [9.17, 15) is 18.0 Å². The minimum atomic E-state index is -4.25. The second-order valence-corrected chi connectivity index (χ2v) is 7.10. The van der Waals surface area contributed by atoms with Crippen LogP contribution in [0.4, 0.5) is 13.2 Å². The van der Waals surface area contributed by atoms with E-state index in [1.807, 2.05) is 6.07 Å². The molecule has 1 aromatic rings. The summed E-state index contributed by atoms with van der Waals surface area (Å²) < 4.78 is 49.2. The number of hydrogen-bond donors (Lipinski definition) is 0. The van der Waals surface area contributed by atoms with Crippen LogP contribution >= 0.6 is 15.9 Å². The number of rotatable bonds is 6. The van der Waals surface area contributed by atoms with E-state index in [-0.39, 0.29) is 25.6 Å². The Balaban J connectivity index is 1.98. The SMILES string of the molecule is CCOc1cc(C#N)cc(Br)c1OCC(=O)N1CCCN(CC(F)(F)F)CC1. The maximum Gasteiger partial charge on any atom is 0.401 e. The van der Waals surface area contributed by atoms with E-state index in [2.05, 4.69) is 15.9 Å². The molecule has 1 heterocycles. The predicted octanol–water partition coefficient (Wildman–Crippen LogP) is 3.19. The summed E-state index contributed by atoms with van der Waals surface area (Å²) in [7, 11) is 0. The van der Waals surface area contributed by atoms with Gasteiger partial charge in [-0.05, 0) is 35.3 Å². The maximum absolute atomic E-state index is 12.6. The Morgan fingerprint density at radius 2 is 2.00 bits per heavy atom. The van der Waals surface area contributed by atoms with Crippen molar-refractivity contribution in [3.63, 3.8) is 0 Å². The average Bonchev–Trinajstić information content (AvgIpc) is 2.84. The van der Waals surface area contributed by atoms with Gasteiger partial charge in [-0.2, -0.15) is 18.4 Å². The average molecular weight is 464 g/mol. The van der Waals surface area contributed by atoms with Gasteiger partial charge in [-0.25, -0.2) is 0 Å². The van der Waals surface area contributed by atoms with Crippen molar-refractivity contribution < 1.29 is 27.4 Å². The van der Waals surface area contributed by atoms with Crippen molar-refractivity contribution in [2.75, 3.05) is 45.9 Å². The van der Waals surface area contributed by atoms with Gasteiger partial charge in [0.05, 0.1) is 29.3 Å². The molecule has 0 bridgehead atoms. The van der Waals surface area contributed by atoms with Crippen LogP contribution < -0.4 is 9.47 Å². The number of benzene rings is 1. The van der Waals surface area contributed by atoms with Gasteiger partial charge in [-0.15, -0.1) is 0 Å². The summed E-state index contributed by atoms with van der Waals surface area (Å²) in [5, 5.41) is 9.05. The first-order chi connectivity index (χ1) is 13.2. The third-order valence-corrected chi connectivity index (χ3v) is 4.71. The number of hydrogen-bond acceptors (Lipinski definition) is 5. The highest BCUT2D eigenvalue weighted by atomic mass is 79.9. The molecular formula is C18H21BrF3N3O3. The molecule has 1 amide bonds. The Bertz CT molecular complexity index is 737. The third kappa shape index (κ3) is 6.56. The summed E-state index contributed by atoms with van der Waals surface area (Å²) in [6.45, 7) is 1.94. The fourth-order valence-electron chi connectivity index (χ4n) is 2.89.